The standard InChI is InChI=1S/C12H10N4O2S/c1-2-9(17)15-8-4-3-5-13-10(8)11(18)16-12-14-6-7-19-12/h2-7H,1H2,(H,15,17)(H,14,16,18). The van der Waals surface area contributed by atoms with E-state index in [0.717, 1.165) is 6.08 Å². The van der Waals surface area contributed by atoms with Gasteiger partial charge in [-0.1, -0.05) is 6.58 Å². The minimum atomic E-state index is -0.435. The van der Waals surface area contributed by atoms with Crippen molar-refractivity contribution in [1.29, 1.82) is 0 Å². The normalized spacial score (nSPS) is 9.68. The minimum absolute atomic E-state index is 0.118. The number of amides is 2. The van der Waals surface area contributed by atoms with Crippen LogP contribution in [0.15, 0.2) is 42.6 Å². The van der Waals surface area contributed by atoms with Crippen molar-refractivity contribution in [1.82, 2.24) is 9.97 Å². The van der Waals surface area contributed by atoms with Gasteiger partial charge in [-0.3, -0.25) is 14.9 Å². The van der Waals surface area contributed by atoms with Gasteiger partial charge in [0.25, 0.3) is 5.91 Å². The van der Waals surface area contributed by atoms with Crippen LogP contribution < -0.4 is 10.6 Å². The second-order valence-electron chi connectivity index (χ2n) is 3.38. The predicted molar refractivity (Wildman–Crippen MR) is 73.1 cm³/mol. The van der Waals surface area contributed by atoms with Crippen LogP contribution >= 0.6 is 11.3 Å². The molecule has 0 aliphatic rings. The van der Waals surface area contributed by atoms with Gasteiger partial charge in [-0.15, -0.1) is 11.3 Å². The molecular formula is C12H10N4O2S. The van der Waals surface area contributed by atoms with E-state index in [4.69, 9.17) is 0 Å². The van der Waals surface area contributed by atoms with Gasteiger partial charge in [-0.25, -0.2) is 9.97 Å². The Morgan fingerprint density at radius 2 is 2.11 bits per heavy atom. The van der Waals surface area contributed by atoms with E-state index in [9.17, 15) is 9.59 Å². The van der Waals surface area contributed by atoms with Crippen LogP contribution in [0.1, 0.15) is 10.5 Å². The Labute approximate surface area is 113 Å². The lowest BCUT2D eigenvalue weighted by Crippen LogP contribution is -2.18. The van der Waals surface area contributed by atoms with Crippen molar-refractivity contribution in [2.75, 3.05) is 10.6 Å². The largest absolute Gasteiger partial charge is 0.320 e. The summed E-state index contributed by atoms with van der Waals surface area (Å²) in [5, 5.41) is 7.34. The lowest BCUT2D eigenvalue weighted by atomic mass is 10.2. The number of hydrogen-bond donors (Lipinski definition) is 2. The topological polar surface area (TPSA) is 84.0 Å². The number of carbonyl (C=O) groups excluding carboxylic acids is 2. The van der Waals surface area contributed by atoms with Crippen LogP contribution in [0.25, 0.3) is 0 Å². The first-order valence-electron chi connectivity index (χ1n) is 5.30. The molecule has 6 nitrogen and oxygen atoms in total. The zero-order valence-corrected chi connectivity index (χ0v) is 10.6. The van der Waals surface area contributed by atoms with E-state index in [1.54, 1.807) is 23.7 Å². The Hall–Kier alpha value is -2.54. The summed E-state index contributed by atoms with van der Waals surface area (Å²) in [5.41, 5.74) is 0.439. The average Bonchev–Trinajstić information content (AvgIpc) is 2.92. The zero-order chi connectivity index (χ0) is 13.7. The lowest BCUT2D eigenvalue weighted by Gasteiger charge is -2.07. The summed E-state index contributed by atoms with van der Waals surface area (Å²) in [7, 11) is 0. The van der Waals surface area contributed by atoms with Crippen LogP contribution in [0, 0.1) is 0 Å². The molecule has 0 spiro atoms. The Kier molecular flexibility index (Phi) is 3.99. The van der Waals surface area contributed by atoms with Crippen molar-refractivity contribution in [2.45, 2.75) is 0 Å². The molecule has 2 heterocycles. The van der Waals surface area contributed by atoms with Crippen molar-refractivity contribution in [3.8, 4) is 0 Å². The molecule has 0 aliphatic carbocycles. The third kappa shape index (κ3) is 3.23. The number of nitrogens with zero attached hydrogens (tertiary/aromatic N) is 2. The molecule has 0 fully saturated rings. The molecule has 0 unspecified atom stereocenters. The van der Waals surface area contributed by atoms with E-state index in [0.29, 0.717) is 10.8 Å². The number of anilines is 2. The van der Waals surface area contributed by atoms with Gasteiger partial charge in [-0.05, 0) is 18.2 Å². The molecule has 2 N–H and O–H groups in total. The highest BCUT2D eigenvalue weighted by Crippen LogP contribution is 2.16. The number of carbonyl (C=O) groups is 2. The summed E-state index contributed by atoms with van der Waals surface area (Å²) < 4.78 is 0. The molecule has 0 aromatic carbocycles. The molecule has 2 aromatic heterocycles. The van der Waals surface area contributed by atoms with Gasteiger partial charge in [0.2, 0.25) is 5.91 Å². The SMILES string of the molecule is C=CC(=O)Nc1cccnc1C(=O)Nc1nccs1. The number of hydrogen-bond acceptors (Lipinski definition) is 5. The Morgan fingerprint density at radius 1 is 1.26 bits per heavy atom. The van der Waals surface area contributed by atoms with Crippen LogP contribution in [0.3, 0.4) is 0 Å². The van der Waals surface area contributed by atoms with Gasteiger partial charge in [0.1, 0.15) is 0 Å². The van der Waals surface area contributed by atoms with Crippen LogP contribution in [-0.4, -0.2) is 21.8 Å². The summed E-state index contributed by atoms with van der Waals surface area (Å²) >= 11 is 1.30. The first-order valence-corrected chi connectivity index (χ1v) is 6.18. The van der Waals surface area contributed by atoms with E-state index in [1.807, 2.05) is 0 Å². The lowest BCUT2D eigenvalue weighted by molar-refractivity contribution is -0.111. The van der Waals surface area contributed by atoms with Crippen molar-refractivity contribution in [3.63, 3.8) is 0 Å². The fourth-order valence-electron chi connectivity index (χ4n) is 1.31. The van der Waals surface area contributed by atoms with Gasteiger partial charge < -0.3 is 5.32 Å². The summed E-state index contributed by atoms with van der Waals surface area (Å²) in [5.74, 6) is -0.841. The van der Waals surface area contributed by atoms with Crippen LogP contribution in [0.2, 0.25) is 0 Å². The second-order valence-corrected chi connectivity index (χ2v) is 4.28. The smallest absolute Gasteiger partial charge is 0.278 e. The van der Waals surface area contributed by atoms with E-state index in [2.05, 4.69) is 27.2 Å². The molecule has 0 saturated heterocycles. The highest BCUT2D eigenvalue weighted by molar-refractivity contribution is 7.13. The Morgan fingerprint density at radius 3 is 2.79 bits per heavy atom. The van der Waals surface area contributed by atoms with Crippen LogP contribution in [-0.2, 0) is 4.79 Å². The maximum absolute atomic E-state index is 12.0. The molecule has 0 bridgehead atoms. The van der Waals surface area contributed by atoms with Gasteiger partial charge in [0.05, 0.1) is 5.69 Å². The number of nitrogens with one attached hydrogen (secondary N) is 2. The molecule has 0 atom stereocenters. The summed E-state index contributed by atoms with van der Waals surface area (Å²) in [6.07, 6.45) is 4.18. The monoisotopic (exact) mass is 274 g/mol. The molecular weight excluding hydrogens is 264 g/mol. The molecule has 19 heavy (non-hydrogen) atoms. The molecule has 0 aliphatic heterocycles. The van der Waals surface area contributed by atoms with Crippen LogP contribution in [0.4, 0.5) is 10.8 Å². The third-order valence-corrected chi connectivity index (χ3v) is 2.81. The third-order valence-electron chi connectivity index (χ3n) is 2.12. The fraction of sp³-hybridized carbons (Fsp3) is 0. The van der Waals surface area contributed by atoms with Gasteiger partial charge in [0, 0.05) is 17.8 Å². The predicted octanol–water partition coefficient (Wildman–Crippen LogP) is 1.91. The summed E-state index contributed by atoms with van der Waals surface area (Å²) in [4.78, 5) is 31.2. The van der Waals surface area contributed by atoms with E-state index >= 15 is 0 Å². The van der Waals surface area contributed by atoms with Crippen molar-refractivity contribution in [3.05, 3.63) is 48.3 Å². The number of aromatic nitrogens is 2. The number of pyridine rings is 1. The van der Waals surface area contributed by atoms with E-state index in [-0.39, 0.29) is 5.69 Å². The molecule has 7 heteroatoms. The number of rotatable bonds is 4. The van der Waals surface area contributed by atoms with Crippen LogP contribution in [0.5, 0.6) is 0 Å². The molecule has 0 radical (unpaired) electrons. The summed E-state index contributed by atoms with van der Waals surface area (Å²) in [6.45, 7) is 3.35. The minimum Gasteiger partial charge on any atom is -0.320 e. The quantitative estimate of drug-likeness (QED) is 0.834. The van der Waals surface area contributed by atoms with Crippen molar-refractivity contribution >= 4 is 34.0 Å². The van der Waals surface area contributed by atoms with Gasteiger partial charge >= 0.3 is 0 Å². The van der Waals surface area contributed by atoms with Crippen molar-refractivity contribution < 1.29 is 9.59 Å². The first kappa shape index (κ1) is 12.9. The highest BCUT2D eigenvalue weighted by Gasteiger charge is 2.14. The molecule has 96 valence electrons. The second kappa shape index (κ2) is 5.87. The number of thiazole rings is 1. The highest BCUT2D eigenvalue weighted by atomic mass is 32.1. The maximum atomic E-state index is 12.0. The zero-order valence-electron chi connectivity index (χ0n) is 9.79. The molecule has 2 rings (SSSR count). The van der Waals surface area contributed by atoms with Crippen molar-refractivity contribution in [2.24, 2.45) is 0 Å². The first-order chi connectivity index (χ1) is 9.20. The molecule has 2 aromatic rings. The van der Waals surface area contributed by atoms with E-state index < -0.39 is 11.8 Å². The Bertz CT molecular complexity index is 610. The molecule has 0 saturated carbocycles. The van der Waals surface area contributed by atoms with Gasteiger partial charge in [-0.2, -0.15) is 0 Å². The van der Waals surface area contributed by atoms with Gasteiger partial charge in [0.15, 0.2) is 10.8 Å². The van der Waals surface area contributed by atoms with E-state index in [1.165, 1.54) is 17.5 Å². The fourth-order valence-corrected chi connectivity index (χ4v) is 1.84. The summed E-state index contributed by atoms with van der Waals surface area (Å²) in [6, 6.07) is 3.21. The average molecular weight is 274 g/mol. The molecule has 2 amide bonds. The maximum Gasteiger partial charge on any atom is 0.278 e. The Balaban J connectivity index is 2.21.